The summed E-state index contributed by atoms with van der Waals surface area (Å²) in [5.74, 6) is 2.20. The highest BCUT2D eigenvalue weighted by Crippen LogP contribution is 2.19. The molecule has 160 valence electrons. The highest BCUT2D eigenvalue weighted by atomic mass is 127. The molecule has 0 spiro atoms. The SMILES string of the molecule is CN=C(NCc1noc(C(C)(C)C)n1)N1CCN(Cc2cccc(C)c2)CC1.I. The number of nitrogens with one attached hydrogen (secondary N) is 1. The molecule has 0 unspecified atom stereocenters. The van der Waals surface area contributed by atoms with Crippen molar-refractivity contribution in [1.29, 1.82) is 0 Å². The Balaban J connectivity index is 0.00000300. The molecule has 1 saturated heterocycles. The smallest absolute Gasteiger partial charge is 0.232 e. The summed E-state index contributed by atoms with van der Waals surface area (Å²) in [7, 11) is 1.82. The Bertz CT molecular complexity index is 805. The maximum absolute atomic E-state index is 5.36. The van der Waals surface area contributed by atoms with Crippen molar-refractivity contribution in [2.24, 2.45) is 4.99 Å². The largest absolute Gasteiger partial charge is 0.349 e. The monoisotopic (exact) mass is 512 g/mol. The van der Waals surface area contributed by atoms with Gasteiger partial charge in [0.05, 0.1) is 6.54 Å². The summed E-state index contributed by atoms with van der Waals surface area (Å²) < 4.78 is 5.36. The van der Waals surface area contributed by atoms with E-state index in [2.05, 4.69) is 82.2 Å². The molecule has 1 aliphatic rings. The summed E-state index contributed by atoms with van der Waals surface area (Å²) in [6.07, 6.45) is 0. The quantitative estimate of drug-likeness (QED) is 0.386. The first-order valence-electron chi connectivity index (χ1n) is 9.92. The number of aryl methyl sites for hydroxylation is 1. The zero-order valence-electron chi connectivity index (χ0n) is 18.1. The molecule has 29 heavy (non-hydrogen) atoms. The van der Waals surface area contributed by atoms with Crippen LogP contribution in [0, 0.1) is 6.92 Å². The van der Waals surface area contributed by atoms with Gasteiger partial charge in [-0.25, -0.2) is 0 Å². The molecule has 1 fully saturated rings. The van der Waals surface area contributed by atoms with E-state index in [1.54, 1.807) is 0 Å². The van der Waals surface area contributed by atoms with Gasteiger partial charge in [0.2, 0.25) is 5.89 Å². The van der Waals surface area contributed by atoms with Crippen LogP contribution in [0.25, 0.3) is 0 Å². The molecule has 0 bridgehead atoms. The lowest BCUT2D eigenvalue weighted by molar-refractivity contribution is 0.172. The fraction of sp³-hybridized carbons (Fsp3) is 0.571. The van der Waals surface area contributed by atoms with Gasteiger partial charge in [-0.1, -0.05) is 55.8 Å². The van der Waals surface area contributed by atoms with Crippen molar-refractivity contribution in [2.75, 3.05) is 33.2 Å². The van der Waals surface area contributed by atoms with Gasteiger partial charge in [-0.15, -0.1) is 24.0 Å². The Morgan fingerprint density at radius 1 is 1.21 bits per heavy atom. The van der Waals surface area contributed by atoms with Crippen molar-refractivity contribution in [3.63, 3.8) is 0 Å². The van der Waals surface area contributed by atoms with Gasteiger partial charge in [-0.3, -0.25) is 9.89 Å². The van der Waals surface area contributed by atoms with Crippen molar-refractivity contribution >= 4 is 29.9 Å². The van der Waals surface area contributed by atoms with E-state index in [4.69, 9.17) is 4.52 Å². The van der Waals surface area contributed by atoms with Gasteiger partial charge < -0.3 is 14.7 Å². The number of hydrogen-bond donors (Lipinski definition) is 1. The molecular formula is C21H33IN6O. The van der Waals surface area contributed by atoms with Gasteiger partial charge in [0.1, 0.15) is 0 Å². The standard InChI is InChI=1S/C21H32N6O.HI/c1-16-7-6-8-17(13-16)15-26-9-11-27(12-10-26)20(22-5)23-14-18-24-19(28-25-18)21(2,3)4;/h6-8,13H,9-12,14-15H2,1-5H3,(H,22,23);1H. The fourth-order valence-electron chi connectivity index (χ4n) is 3.31. The molecule has 0 amide bonds. The molecule has 0 aliphatic carbocycles. The van der Waals surface area contributed by atoms with E-state index in [0.717, 1.165) is 38.7 Å². The summed E-state index contributed by atoms with van der Waals surface area (Å²) in [5, 5.41) is 7.43. The molecule has 1 N–H and O–H groups in total. The number of hydrogen-bond acceptors (Lipinski definition) is 5. The first-order chi connectivity index (χ1) is 13.3. The summed E-state index contributed by atoms with van der Waals surface area (Å²) in [6.45, 7) is 13.8. The maximum Gasteiger partial charge on any atom is 0.232 e. The van der Waals surface area contributed by atoms with Gasteiger partial charge in [0, 0.05) is 45.2 Å². The topological polar surface area (TPSA) is 69.8 Å². The zero-order valence-corrected chi connectivity index (χ0v) is 20.4. The average molecular weight is 512 g/mol. The summed E-state index contributed by atoms with van der Waals surface area (Å²) in [4.78, 5) is 13.7. The molecule has 1 aromatic heterocycles. The van der Waals surface area contributed by atoms with Crippen LogP contribution in [0.1, 0.15) is 43.6 Å². The van der Waals surface area contributed by atoms with Crippen molar-refractivity contribution in [1.82, 2.24) is 25.3 Å². The van der Waals surface area contributed by atoms with Crippen LogP contribution in [0.3, 0.4) is 0 Å². The first-order valence-corrected chi connectivity index (χ1v) is 9.92. The van der Waals surface area contributed by atoms with E-state index in [1.807, 2.05) is 7.05 Å². The second-order valence-corrected chi connectivity index (χ2v) is 8.42. The van der Waals surface area contributed by atoms with Gasteiger partial charge in [-0.2, -0.15) is 4.98 Å². The van der Waals surface area contributed by atoms with Crippen molar-refractivity contribution in [2.45, 2.75) is 46.2 Å². The minimum Gasteiger partial charge on any atom is -0.349 e. The molecule has 0 saturated carbocycles. The Morgan fingerprint density at radius 3 is 2.52 bits per heavy atom. The van der Waals surface area contributed by atoms with Crippen molar-refractivity contribution < 1.29 is 4.52 Å². The van der Waals surface area contributed by atoms with E-state index in [9.17, 15) is 0 Å². The number of aromatic nitrogens is 2. The second-order valence-electron chi connectivity index (χ2n) is 8.42. The normalized spacial score (nSPS) is 15.9. The predicted molar refractivity (Wildman–Crippen MR) is 127 cm³/mol. The molecule has 3 rings (SSSR count). The lowest BCUT2D eigenvalue weighted by Crippen LogP contribution is -2.52. The van der Waals surface area contributed by atoms with Crippen LogP contribution in [0.2, 0.25) is 0 Å². The third-order valence-corrected chi connectivity index (χ3v) is 4.89. The van der Waals surface area contributed by atoms with Crippen LogP contribution >= 0.6 is 24.0 Å². The number of halogens is 1. The Kier molecular flexibility index (Phi) is 8.45. The number of guanidine groups is 1. The minimum absolute atomic E-state index is 0. The van der Waals surface area contributed by atoms with Crippen LogP contribution in [-0.2, 0) is 18.5 Å². The highest BCUT2D eigenvalue weighted by molar-refractivity contribution is 14.0. The molecule has 2 aromatic rings. The Morgan fingerprint density at radius 2 is 1.93 bits per heavy atom. The van der Waals surface area contributed by atoms with Gasteiger partial charge in [0.15, 0.2) is 11.8 Å². The summed E-state index contributed by atoms with van der Waals surface area (Å²) in [5.41, 5.74) is 2.56. The zero-order chi connectivity index (χ0) is 20.1. The van der Waals surface area contributed by atoms with E-state index in [1.165, 1.54) is 11.1 Å². The third-order valence-electron chi connectivity index (χ3n) is 4.89. The molecule has 0 atom stereocenters. The van der Waals surface area contributed by atoms with Crippen molar-refractivity contribution in [3.05, 3.63) is 47.1 Å². The van der Waals surface area contributed by atoms with Gasteiger partial charge >= 0.3 is 0 Å². The van der Waals surface area contributed by atoms with Crippen LogP contribution in [-0.4, -0.2) is 59.1 Å². The second kappa shape index (κ2) is 10.4. The molecule has 8 heteroatoms. The average Bonchev–Trinajstić information content (AvgIpc) is 3.13. The molecule has 1 aliphatic heterocycles. The number of benzene rings is 1. The Hall–Kier alpha value is -1.68. The third kappa shape index (κ3) is 6.67. The number of piperazine rings is 1. The number of nitrogens with zero attached hydrogens (tertiary/aromatic N) is 5. The van der Waals surface area contributed by atoms with E-state index in [-0.39, 0.29) is 29.4 Å². The first kappa shape index (κ1) is 23.6. The molecule has 2 heterocycles. The molecular weight excluding hydrogens is 479 g/mol. The molecule has 1 aromatic carbocycles. The van der Waals surface area contributed by atoms with Crippen molar-refractivity contribution in [3.8, 4) is 0 Å². The minimum atomic E-state index is -0.138. The predicted octanol–water partition coefficient (Wildman–Crippen LogP) is 3.19. The van der Waals surface area contributed by atoms with E-state index in [0.29, 0.717) is 18.3 Å². The lowest BCUT2D eigenvalue weighted by atomic mass is 9.97. The fourth-order valence-corrected chi connectivity index (χ4v) is 3.31. The number of rotatable bonds is 4. The van der Waals surface area contributed by atoms with Crippen LogP contribution in [0.15, 0.2) is 33.8 Å². The summed E-state index contributed by atoms with van der Waals surface area (Å²) in [6, 6.07) is 8.75. The van der Waals surface area contributed by atoms with E-state index < -0.39 is 0 Å². The Labute approximate surface area is 191 Å². The van der Waals surface area contributed by atoms with E-state index >= 15 is 0 Å². The van der Waals surface area contributed by atoms with Crippen LogP contribution < -0.4 is 5.32 Å². The molecule has 0 radical (unpaired) electrons. The van der Waals surface area contributed by atoms with Crippen LogP contribution in [0.5, 0.6) is 0 Å². The van der Waals surface area contributed by atoms with Gasteiger partial charge in [0.25, 0.3) is 0 Å². The highest BCUT2D eigenvalue weighted by Gasteiger charge is 2.23. The van der Waals surface area contributed by atoms with Crippen LogP contribution in [0.4, 0.5) is 0 Å². The maximum atomic E-state index is 5.36. The number of aliphatic imine (C=N–C) groups is 1. The molecule has 7 nitrogen and oxygen atoms in total. The lowest BCUT2D eigenvalue weighted by Gasteiger charge is -2.36. The summed E-state index contributed by atoms with van der Waals surface area (Å²) >= 11 is 0. The van der Waals surface area contributed by atoms with Gasteiger partial charge in [-0.05, 0) is 12.5 Å².